The van der Waals surface area contributed by atoms with Gasteiger partial charge in [-0.3, -0.25) is 10.4 Å². The van der Waals surface area contributed by atoms with Crippen molar-refractivity contribution in [2.45, 2.75) is 52.7 Å². The van der Waals surface area contributed by atoms with Crippen LogP contribution in [0.4, 0.5) is 0 Å². The Balaban J connectivity index is 1.95. The van der Waals surface area contributed by atoms with E-state index in [1.165, 1.54) is 0 Å². The predicted octanol–water partition coefficient (Wildman–Crippen LogP) is 4.43. The van der Waals surface area contributed by atoms with Crippen LogP contribution in [0.1, 0.15) is 40.5 Å². The average Bonchev–Trinajstić information content (AvgIpc) is 2.76. The molecule has 1 atom stereocenters. The van der Waals surface area contributed by atoms with Gasteiger partial charge in [-0.25, -0.2) is 0 Å². The molecule has 0 amide bonds. The zero-order valence-electron chi connectivity index (χ0n) is 19.2. The third kappa shape index (κ3) is 6.12. The molecule has 1 heterocycles. The Labute approximate surface area is 181 Å². The second-order valence-corrected chi connectivity index (χ2v) is 7.86. The number of nitrogens with one attached hydrogen (secondary N) is 2. The molecular weight excluding hydrogens is 376 g/mol. The van der Waals surface area contributed by atoms with Crippen molar-refractivity contribution < 1.29 is 9.47 Å². The summed E-state index contributed by atoms with van der Waals surface area (Å²) in [5.41, 5.74) is 2.98. The predicted molar refractivity (Wildman–Crippen MR) is 125 cm³/mol. The summed E-state index contributed by atoms with van der Waals surface area (Å²) in [5.74, 6) is 3.05. The van der Waals surface area contributed by atoms with Gasteiger partial charge in [-0.1, -0.05) is 12.2 Å². The fourth-order valence-corrected chi connectivity index (χ4v) is 3.31. The second-order valence-electron chi connectivity index (χ2n) is 7.86. The highest BCUT2D eigenvalue weighted by atomic mass is 16.5. The summed E-state index contributed by atoms with van der Waals surface area (Å²) < 4.78 is 11.3. The number of amidine groups is 2. The fourth-order valence-electron chi connectivity index (χ4n) is 3.31. The average molecular weight is 413 g/mol. The zero-order valence-corrected chi connectivity index (χ0v) is 19.2. The molecule has 1 aromatic carbocycles. The van der Waals surface area contributed by atoms with Gasteiger partial charge in [0.1, 0.15) is 29.3 Å². The number of likely N-dealkylation sites (tertiary alicyclic amines) is 1. The highest BCUT2D eigenvalue weighted by Crippen LogP contribution is 2.23. The molecule has 0 spiro atoms. The molecule has 0 bridgehead atoms. The lowest BCUT2D eigenvalue weighted by Crippen LogP contribution is -2.42. The minimum atomic E-state index is 0.131. The summed E-state index contributed by atoms with van der Waals surface area (Å²) in [6.07, 6.45) is 1.94. The summed E-state index contributed by atoms with van der Waals surface area (Å²) in [5, 5.41) is 12.1. The van der Waals surface area contributed by atoms with E-state index in [2.05, 4.69) is 28.7 Å². The summed E-state index contributed by atoms with van der Waals surface area (Å²) in [7, 11) is 3.43. The number of nitrogens with zero attached hydrogens (tertiary/aromatic N) is 2. The van der Waals surface area contributed by atoms with Crippen LogP contribution in [0.3, 0.4) is 0 Å². The van der Waals surface area contributed by atoms with Gasteiger partial charge >= 0.3 is 0 Å². The van der Waals surface area contributed by atoms with Crippen molar-refractivity contribution in [3.8, 4) is 11.5 Å². The molecule has 6 nitrogen and oxygen atoms in total. The number of aliphatic imine (C=N–C) groups is 1. The molecule has 1 aliphatic rings. The Hall–Kier alpha value is -2.76. The van der Waals surface area contributed by atoms with Crippen molar-refractivity contribution in [1.29, 1.82) is 5.41 Å². The molecule has 30 heavy (non-hydrogen) atoms. The van der Waals surface area contributed by atoms with Gasteiger partial charge in [-0.05, 0) is 63.1 Å². The largest absolute Gasteiger partial charge is 0.497 e. The zero-order chi connectivity index (χ0) is 22.3. The smallest absolute Gasteiger partial charge is 0.124 e. The monoisotopic (exact) mass is 412 g/mol. The Morgan fingerprint density at radius 2 is 1.70 bits per heavy atom. The minimum absolute atomic E-state index is 0.131. The maximum Gasteiger partial charge on any atom is 0.124 e. The first kappa shape index (κ1) is 23.5. The molecule has 1 fully saturated rings. The van der Waals surface area contributed by atoms with Gasteiger partial charge < -0.3 is 19.7 Å². The van der Waals surface area contributed by atoms with E-state index in [1.807, 2.05) is 45.0 Å². The van der Waals surface area contributed by atoms with Gasteiger partial charge in [0.2, 0.25) is 0 Å². The van der Waals surface area contributed by atoms with Crippen molar-refractivity contribution in [3.63, 3.8) is 0 Å². The molecular formula is C24H36N4O2. The van der Waals surface area contributed by atoms with E-state index >= 15 is 0 Å². The molecule has 2 N–H and O–H groups in total. The summed E-state index contributed by atoms with van der Waals surface area (Å²) in [6, 6.07) is 7.83. The number of benzene rings is 1. The molecule has 164 valence electrons. The van der Waals surface area contributed by atoms with Crippen LogP contribution in [0, 0.1) is 5.41 Å². The highest BCUT2D eigenvalue weighted by molar-refractivity contribution is 6.07. The van der Waals surface area contributed by atoms with E-state index in [0.29, 0.717) is 5.84 Å². The molecule has 1 unspecified atom stereocenters. The van der Waals surface area contributed by atoms with Crippen LogP contribution in [0.15, 0.2) is 52.6 Å². The quantitative estimate of drug-likeness (QED) is 0.395. The number of ether oxygens (including phenoxy) is 2. The molecule has 1 aliphatic heterocycles. The topological polar surface area (TPSA) is 69.9 Å². The van der Waals surface area contributed by atoms with Crippen molar-refractivity contribution in [1.82, 2.24) is 10.2 Å². The molecule has 0 aromatic heterocycles. The number of rotatable bonds is 7. The van der Waals surface area contributed by atoms with Crippen LogP contribution in [-0.4, -0.2) is 56.0 Å². The van der Waals surface area contributed by atoms with E-state index in [-0.39, 0.29) is 12.1 Å². The molecule has 0 radical (unpaired) electrons. The van der Waals surface area contributed by atoms with Crippen molar-refractivity contribution >= 4 is 11.7 Å². The third-order valence-corrected chi connectivity index (χ3v) is 5.71. The fraction of sp³-hybridized carbons (Fsp3) is 0.500. The first-order valence-corrected chi connectivity index (χ1v) is 10.5. The summed E-state index contributed by atoms with van der Waals surface area (Å²) >= 11 is 0. The number of methoxy groups -OCH3 is 1. The van der Waals surface area contributed by atoms with Gasteiger partial charge in [0.05, 0.1) is 7.11 Å². The van der Waals surface area contributed by atoms with Crippen LogP contribution in [-0.2, 0) is 0 Å². The van der Waals surface area contributed by atoms with Gasteiger partial charge in [0, 0.05) is 39.0 Å². The van der Waals surface area contributed by atoms with Gasteiger partial charge in [0.15, 0.2) is 0 Å². The first-order chi connectivity index (χ1) is 14.3. The molecule has 1 saturated heterocycles. The van der Waals surface area contributed by atoms with Gasteiger partial charge in [-0.2, -0.15) is 0 Å². The number of hydrogen-bond acceptors (Lipinski definition) is 4. The minimum Gasteiger partial charge on any atom is -0.497 e. The van der Waals surface area contributed by atoms with Gasteiger partial charge in [-0.15, -0.1) is 0 Å². The van der Waals surface area contributed by atoms with Crippen LogP contribution in [0.5, 0.6) is 11.5 Å². The summed E-state index contributed by atoms with van der Waals surface area (Å²) in [4.78, 5) is 6.52. The van der Waals surface area contributed by atoms with E-state index < -0.39 is 0 Å². The van der Waals surface area contributed by atoms with Crippen molar-refractivity contribution in [3.05, 3.63) is 47.6 Å². The lowest BCUT2D eigenvalue weighted by Gasteiger charge is -2.34. The third-order valence-electron chi connectivity index (χ3n) is 5.71. The van der Waals surface area contributed by atoms with E-state index in [1.54, 1.807) is 14.2 Å². The van der Waals surface area contributed by atoms with E-state index in [9.17, 15) is 0 Å². The lowest BCUT2D eigenvalue weighted by atomic mass is 10.0. The maximum atomic E-state index is 8.70. The Kier molecular flexibility index (Phi) is 8.51. The van der Waals surface area contributed by atoms with E-state index in [4.69, 9.17) is 14.9 Å². The van der Waals surface area contributed by atoms with Gasteiger partial charge in [0.25, 0.3) is 0 Å². The van der Waals surface area contributed by atoms with Crippen molar-refractivity contribution in [2.75, 3.05) is 27.2 Å². The molecule has 0 saturated carbocycles. The van der Waals surface area contributed by atoms with Crippen LogP contribution in [0.2, 0.25) is 0 Å². The van der Waals surface area contributed by atoms with Crippen LogP contribution in [0.25, 0.3) is 0 Å². The molecule has 0 aliphatic carbocycles. The van der Waals surface area contributed by atoms with Crippen molar-refractivity contribution in [2.24, 2.45) is 4.99 Å². The Morgan fingerprint density at radius 1 is 1.13 bits per heavy atom. The normalized spacial score (nSPS) is 17.1. The Bertz CT molecular complexity index is 803. The molecule has 2 rings (SSSR count). The summed E-state index contributed by atoms with van der Waals surface area (Å²) in [6.45, 7) is 13.7. The van der Waals surface area contributed by atoms with Crippen LogP contribution >= 0.6 is 0 Å². The standard InChI is InChI=1S/C24H36N4O2/c1-16(2)19(5)27-24(26-6)18(4)17(3)23(25)28-14-12-22(13-15-28)30-21-10-8-20(29-7)9-11-21/h8-11,19,22,25H,1,12-15H2,2-7H3,(H,26,27)/b18-17-,25-23?. The van der Waals surface area contributed by atoms with Crippen LogP contribution < -0.4 is 14.8 Å². The SMILES string of the molecule is C=C(C)C(C)NC(=NC)/C(C)=C(/C)C(=N)N1CCC(Oc2ccc(OC)cc2)CC1. The lowest BCUT2D eigenvalue weighted by molar-refractivity contribution is 0.131. The number of hydrogen-bond donors (Lipinski definition) is 2. The number of piperidine rings is 1. The second kappa shape index (κ2) is 10.9. The van der Waals surface area contributed by atoms with E-state index in [0.717, 1.165) is 60.0 Å². The molecule has 6 heteroatoms. The highest BCUT2D eigenvalue weighted by Gasteiger charge is 2.24. The Morgan fingerprint density at radius 3 is 2.20 bits per heavy atom. The first-order valence-electron chi connectivity index (χ1n) is 10.5. The maximum absolute atomic E-state index is 8.70. The molecule has 1 aromatic rings.